The molecule has 1 aliphatic heterocycles. The van der Waals surface area contributed by atoms with Gasteiger partial charge in [0.05, 0.1) is 27.1 Å². The zero-order valence-corrected chi connectivity index (χ0v) is 13.4. The van der Waals surface area contributed by atoms with Gasteiger partial charge in [0.2, 0.25) is 0 Å². The fourth-order valence-electron chi connectivity index (χ4n) is 1.90. The van der Waals surface area contributed by atoms with Gasteiger partial charge in [-0.1, -0.05) is 34.8 Å². The standard InChI is InChI=1S/C13H7Cl3FN3S/c14-7-1-2-10(17)6(3-7)5-18-11-8(15)4-9(16)12-13(11)20-21-19-12/h1-4,18H,5H2. The van der Waals surface area contributed by atoms with Crippen LogP contribution in [0.3, 0.4) is 0 Å². The molecule has 2 aromatic rings. The summed E-state index contributed by atoms with van der Waals surface area (Å²) >= 11 is 19.1. The molecule has 0 amide bonds. The molecule has 0 spiro atoms. The normalized spacial score (nSPS) is 12.2. The van der Waals surface area contributed by atoms with Crippen molar-refractivity contribution >= 4 is 63.2 Å². The van der Waals surface area contributed by atoms with Crippen LogP contribution in [0.25, 0.3) is 0 Å². The van der Waals surface area contributed by atoms with Gasteiger partial charge in [-0.3, -0.25) is 0 Å². The molecule has 0 saturated carbocycles. The number of halogens is 4. The number of rotatable bonds is 3. The molecule has 1 heterocycles. The molecule has 0 unspecified atom stereocenters. The van der Waals surface area contributed by atoms with Crippen LogP contribution in [-0.4, -0.2) is 0 Å². The molecule has 2 aromatic carbocycles. The highest BCUT2D eigenvalue weighted by Crippen LogP contribution is 2.47. The van der Waals surface area contributed by atoms with Crippen LogP contribution in [0.4, 0.5) is 21.5 Å². The third kappa shape index (κ3) is 2.92. The van der Waals surface area contributed by atoms with Gasteiger partial charge >= 0.3 is 0 Å². The summed E-state index contributed by atoms with van der Waals surface area (Å²) in [6, 6.07) is 5.97. The van der Waals surface area contributed by atoms with E-state index in [-0.39, 0.29) is 12.4 Å². The first kappa shape index (κ1) is 14.8. The lowest BCUT2D eigenvalue weighted by atomic mass is 10.2. The summed E-state index contributed by atoms with van der Waals surface area (Å²) in [4.78, 5) is 0. The summed E-state index contributed by atoms with van der Waals surface area (Å²) in [5.41, 5.74) is 2.15. The van der Waals surface area contributed by atoms with E-state index in [0.29, 0.717) is 37.7 Å². The highest BCUT2D eigenvalue weighted by atomic mass is 35.5. The summed E-state index contributed by atoms with van der Waals surface area (Å²) in [6.45, 7) is 0.223. The van der Waals surface area contributed by atoms with Crippen molar-refractivity contribution in [1.29, 1.82) is 0 Å². The molecule has 0 radical (unpaired) electrons. The highest BCUT2D eigenvalue weighted by molar-refractivity contribution is 7.58. The topological polar surface area (TPSA) is 36.8 Å². The number of fused-ring (bicyclic) bond motifs is 1. The van der Waals surface area contributed by atoms with Crippen LogP contribution in [-0.2, 0) is 17.9 Å². The maximum atomic E-state index is 13.7. The molecule has 0 aliphatic carbocycles. The Labute approximate surface area is 138 Å². The molecule has 8 heteroatoms. The molecule has 0 fully saturated rings. The summed E-state index contributed by atoms with van der Waals surface area (Å²) in [5.74, 6) is -0.343. The van der Waals surface area contributed by atoms with E-state index in [2.05, 4.69) is 14.0 Å². The number of hydrogen-bond acceptors (Lipinski definition) is 3. The van der Waals surface area contributed by atoms with Crippen molar-refractivity contribution in [2.75, 3.05) is 5.32 Å². The quantitative estimate of drug-likeness (QED) is 0.598. The van der Waals surface area contributed by atoms with E-state index in [9.17, 15) is 4.39 Å². The van der Waals surface area contributed by atoms with Crippen LogP contribution in [0, 0.1) is 5.82 Å². The average molecular weight is 363 g/mol. The van der Waals surface area contributed by atoms with Gasteiger partial charge in [-0.2, -0.15) is 8.73 Å². The van der Waals surface area contributed by atoms with Crippen LogP contribution in [0.2, 0.25) is 15.1 Å². The smallest absolute Gasteiger partial charge is 0.130 e. The summed E-state index contributed by atoms with van der Waals surface area (Å²) in [6.07, 6.45) is 0. The molecule has 0 aromatic heterocycles. The summed E-state index contributed by atoms with van der Waals surface area (Å²) < 4.78 is 22.0. The van der Waals surface area contributed by atoms with Crippen molar-refractivity contribution in [3.63, 3.8) is 0 Å². The predicted molar refractivity (Wildman–Crippen MR) is 86.7 cm³/mol. The van der Waals surface area contributed by atoms with Gasteiger partial charge in [0.1, 0.15) is 17.2 Å². The second-order valence-electron chi connectivity index (χ2n) is 4.27. The van der Waals surface area contributed by atoms with Crippen molar-refractivity contribution in [3.05, 3.63) is 50.7 Å². The first-order chi connectivity index (χ1) is 10.1. The van der Waals surface area contributed by atoms with Crippen LogP contribution in [0.1, 0.15) is 5.56 Å². The van der Waals surface area contributed by atoms with Crippen molar-refractivity contribution in [3.8, 4) is 0 Å². The second kappa shape index (κ2) is 5.93. The Morgan fingerprint density at radius 1 is 1.05 bits per heavy atom. The van der Waals surface area contributed by atoms with Crippen molar-refractivity contribution < 1.29 is 4.39 Å². The van der Waals surface area contributed by atoms with E-state index in [4.69, 9.17) is 34.8 Å². The maximum absolute atomic E-state index is 13.7. The molecule has 108 valence electrons. The minimum Gasteiger partial charge on any atom is -0.378 e. The van der Waals surface area contributed by atoms with E-state index in [1.165, 1.54) is 12.1 Å². The average Bonchev–Trinajstić information content (AvgIpc) is 2.92. The number of hydrogen-bond donors (Lipinski definition) is 1. The minimum absolute atomic E-state index is 0.223. The van der Waals surface area contributed by atoms with Gasteiger partial charge in [0.25, 0.3) is 0 Å². The molecule has 0 atom stereocenters. The molecule has 3 nitrogen and oxygen atoms in total. The maximum Gasteiger partial charge on any atom is 0.130 e. The summed E-state index contributed by atoms with van der Waals surface area (Å²) in [5, 5.41) is 4.38. The van der Waals surface area contributed by atoms with Crippen LogP contribution in [0.5, 0.6) is 0 Å². The molecule has 1 aliphatic rings. The molecular formula is C13H7Cl3FN3S. The molecule has 21 heavy (non-hydrogen) atoms. The van der Waals surface area contributed by atoms with E-state index in [1.54, 1.807) is 12.1 Å². The Bertz CT molecular complexity index is 804. The van der Waals surface area contributed by atoms with Crippen molar-refractivity contribution in [2.45, 2.75) is 6.54 Å². The highest BCUT2D eigenvalue weighted by Gasteiger charge is 2.18. The third-order valence-corrected chi connectivity index (χ3v) is 4.26. The zero-order valence-electron chi connectivity index (χ0n) is 10.3. The van der Waals surface area contributed by atoms with Gasteiger partial charge in [0, 0.05) is 17.1 Å². The van der Waals surface area contributed by atoms with Crippen LogP contribution >= 0.6 is 34.8 Å². The van der Waals surface area contributed by atoms with E-state index >= 15 is 0 Å². The third-order valence-electron chi connectivity index (χ3n) is 2.91. The lowest BCUT2D eigenvalue weighted by molar-refractivity contribution is 0.613. The van der Waals surface area contributed by atoms with Gasteiger partial charge in [-0.25, -0.2) is 4.39 Å². The largest absolute Gasteiger partial charge is 0.378 e. The SMILES string of the molecule is Fc1ccc(Cl)cc1CNc1c(Cl)cc(Cl)c2c1N=S=N2. The van der Waals surface area contributed by atoms with E-state index < -0.39 is 0 Å². The van der Waals surface area contributed by atoms with Gasteiger partial charge < -0.3 is 5.32 Å². The summed E-state index contributed by atoms with van der Waals surface area (Å²) in [7, 11) is 0. The molecule has 0 bridgehead atoms. The Morgan fingerprint density at radius 3 is 2.62 bits per heavy atom. The molecule has 0 saturated heterocycles. The lowest BCUT2D eigenvalue weighted by Gasteiger charge is -2.12. The van der Waals surface area contributed by atoms with E-state index in [1.807, 2.05) is 0 Å². The Morgan fingerprint density at radius 2 is 1.81 bits per heavy atom. The van der Waals surface area contributed by atoms with Crippen molar-refractivity contribution in [2.24, 2.45) is 8.73 Å². The number of benzene rings is 2. The number of nitrogens with one attached hydrogen (secondary N) is 1. The lowest BCUT2D eigenvalue weighted by Crippen LogP contribution is -2.02. The minimum atomic E-state index is -0.343. The van der Waals surface area contributed by atoms with E-state index in [0.717, 1.165) is 11.4 Å². The molecular weight excluding hydrogens is 356 g/mol. The first-order valence-corrected chi connectivity index (χ1v) is 7.70. The first-order valence-electron chi connectivity index (χ1n) is 5.84. The van der Waals surface area contributed by atoms with Gasteiger partial charge in [-0.15, -0.1) is 0 Å². The monoisotopic (exact) mass is 361 g/mol. The second-order valence-corrected chi connectivity index (χ2v) is 6.05. The fraction of sp³-hybridized carbons (Fsp3) is 0.0769. The van der Waals surface area contributed by atoms with Crippen LogP contribution < -0.4 is 5.32 Å². The van der Waals surface area contributed by atoms with Crippen LogP contribution in [0.15, 0.2) is 33.0 Å². The Balaban J connectivity index is 1.92. The Hall–Kier alpha value is -1.14. The Kier molecular flexibility index (Phi) is 4.17. The van der Waals surface area contributed by atoms with Crippen molar-refractivity contribution in [1.82, 2.24) is 0 Å². The molecule has 1 N–H and O–H groups in total. The number of anilines is 1. The van der Waals surface area contributed by atoms with Gasteiger partial charge in [-0.05, 0) is 24.3 Å². The van der Waals surface area contributed by atoms with Gasteiger partial charge in [0.15, 0.2) is 0 Å². The fourth-order valence-corrected chi connectivity index (χ4v) is 3.28. The molecule has 3 rings (SSSR count). The zero-order chi connectivity index (χ0) is 15.0. The predicted octanol–water partition coefficient (Wildman–Crippen LogP) is 6.12. The number of nitrogens with zero attached hydrogens (tertiary/aromatic N) is 2.